The van der Waals surface area contributed by atoms with Gasteiger partial charge in [-0.15, -0.1) is 0 Å². The summed E-state index contributed by atoms with van der Waals surface area (Å²) in [5.74, 6) is 0. The van der Waals surface area contributed by atoms with Crippen LogP contribution in [0.5, 0.6) is 0 Å². The average molecular weight is 322 g/mol. The van der Waals surface area contributed by atoms with Crippen molar-refractivity contribution in [3.8, 4) is 0 Å². The van der Waals surface area contributed by atoms with E-state index in [9.17, 15) is 4.79 Å². The Kier molecular flexibility index (Phi) is 4.37. The fourth-order valence-electron chi connectivity index (χ4n) is 1.96. The van der Waals surface area contributed by atoms with Crippen molar-refractivity contribution in [2.75, 3.05) is 11.9 Å². The standard InChI is InChI=1S/C14H16BrN3O/c1-10-8-11(2)18(14(19)17-10)7-6-16-13-5-3-4-12(15)9-13/h3-5,8-9,16H,6-7H2,1-2H3. The Hall–Kier alpha value is -1.62. The Bertz CT molecular complexity index is 637. The third-order valence-corrected chi connectivity index (χ3v) is 3.33. The molecule has 0 aliphatic rings. The van der Waals surface area contributed by atoms with Crippen LogP contribution in [0.4, 0.5) is 5.69 Å². The second-order valence-corrected chi connectivity index (χ2v) is 5.33. The Morgan fingerprint density at radius 1 is 1.32 bits per heavy atom. The van der Waals surface area contributed by atoms with Gasteiger partial charge in [-0.25, -0.2) is 4.79 Å². The minimum Gasteiger partial charge on any atom is -0.383 e. The zero-order chi connectivity index (χ0) is 13.8. The first-order chi connectivity index (χ1) is 9.06. The van der Waals surface area contributed by atoms with E-state index in [-0.39, 0.29) is 5.69 Å². The maximum absolute atomic E-state index is 11.8. The van der Waals surface area contributed by atoms with Crippen molar-refractivity contribution in [1.29, 1.82) is 0 Å². The van der Waals surface area contributed by atoms with Gasteiger partial charge in [-0.3, -0.25) is 4.57 Å². The molecule has 0 unspecified atom stereocenters. The van der Waals surface area contributed by atoms with E-state index in [0.717, 1.165) is 21.5 Å². The number of aryl methyl sites for hydroxylation is 2. The Morgan fingerprint density at radius 2 is 2.11 bits per heavy atom. The van der Waals surface area contributed by atoms with Gasteiger partial charge in [0, 0.05) is 34.6 Å². The highest BCUT2D eigenvalue weighted by Gasteiger charge is 2.02. The summed E-state index contributed by atoms with van der Waals surface area (Å²) in [5, 5.41) is 3.29. The van der Waals surface area contributed by atoms with Gasteiger partial charge in [0.2, 0.25) is 0 Å². The molecule has 2 rings (SSSR count). The minimum atomic E-state index is -0.187. The molecule has 0 saturated heterocycles. The van der Waals surface area contributed by atoms with Gasteiger partial charge in [0.05, 0.1) is 0 Å². The molecule has 4 nitrogen and oxygen atoms in total. The van der Waals surface area contributed by atoms with Crippen LogP contribution in [0.15, 0.2) is 39.6 Å². The van der Waals surface area contributed by atoms with Crippen LogP contribution in [-0.2, 0) is 6.54 Å². The van der Waals surface area contributed by atoms with Crippen molar-refractivity contribution in [3.05, 3.63) is 56.7 Å². The molecule has 0 amide bonds. The first-order valence-electron chi connectivity index (χ1n) is 6.11. The van der Waals surface area contributed by atoms with E-state index in [1.165, 1.54) is 0 Å². The van der Waals surface area contributed by atoms with Crippen LogP contribution < -0.4 is 11.0 Å². The zero-order valence-electron chi connectivity index (χ0n) is 11.0. The molecule has 1 N–H and O–H groups in total. The zero-order valence-corrected chi connectivity index (χ0v) is 12.6. The van der Waals surface area contributed by atoms with Crippen LogP contribution in [-0.4, -0.2) is 16.1 Å². The molecule has 0 atom stereocenters. The molecular weight excluding hydrogens is 306 g/mol. The van der Waals surface area contributed by atoms with Crippen LogP contribution in [0.3, 0.4) is 0 Å². The van der Waals surface area contributed by atoms with Crippen LogP contribution >= 0.6 is 15.9 Å². The molecule has 1 aromatic heterocycles. The van der Waals surface area contributed by atoms with E-state index in [0.29, 0.717) is 13.1 Å². The van der Waals surface area contributed by atoms with Gasteiger partial charge in [0.15, 0.2) is 0 Å². The normalized spacial score (nSPS) is 10.5. The summed E-state index contributed by atoms with van der Waals surface area (Å²) in [6, 6.07) is 9.86. The average Bonchev–Trinajstić information content (AvgIpc) is 2.32. The molecule has 2 aromatic rings. The number of halogens is 1. The van der Waals surface area contributed by atoms with Crippen molar-refractivity contribution in [1.82, 2.24) is 9.55 Å². The van der Waals surface area contributed by atoms with Crippen LogP contribution in [0, 0.1) is 13.8 Å². The number of hydrogen-bond acceptors (Lipinski definition) is 3. The van der Waals surface area contributed by atoms with Crippen LogP contribution in [0.2, 0.25) is 0 Å². The Labute approximate surface area is 120 Å². The van der Waals surface area contributed by atoms with Gasteiger partial charge >= 0.3 is 5.69 Å². The first-order valence-corrected chi connectivity index (χ1v) is 6.90. The maximum Gasteiger partial charge on any atom is 0.348 e. The molecule has 0 fully saturated rings. The third kappa shape index (κ3) is 3.67. The summed E-state index contributed by atoms with van der Waals surface area (Å²) in [5.41, 5.74) is 2.54. The second-order valence-electron chi connectivity index (χ2n) is 4.41. The van der Waals surface area contributed by atoms with Gasteiger partial charge in [-0.2, -0.15) is 4.98 Å². The Balaban J connectivity index is 2.02. The number of aromatic nitrogens is 2. The number of anilines is 1. The van der Waals surface area contributed by atoms with Gasteiger partial charge in [0.1, 0.15) is 0 Å². The molecule has 0 saturated carbocycles. The highest BCUT2D eigenvalue weighted by atomic mass is 79.9. The fraction of sp³-hybridized carbons (Fsp3) is 0.286. The number of nitrogens with zero attached hydrogens (tertiary/aromatic N) is 2. The summed E-state index contributed by atoms with van der Waals surface area (Å²) in [4.78, 5) is 15.7. The lowest BCUT2D eigenvalue weighted by Crippen LogP contribution is -2.28. The lowest BCUT2D eigenvalue weighted by atomic mass is 10.3. The molecule has 100 valence electrons. The van der Waals surface area contributed by atoms with Crippen molar-refractivity contribution in [3.63, 3.8) is 0 Å². The van der Waals surface area contributed by atoms with Crippen molar-refractivity contribution in [2.24, 2.45) is 0 Å². The number of nitrogens with one attached hydrogen (secondary N) is 1. The molecule has 0 radical (unpaired) electrons. The van der Waals surface area contributed by atoms with E-state index in [1.807, 2.05) is 44.2 Å². The molecule has 1 aromatic carbocycles. The highest BCUT2D eigenvalue weighted by molar-refractivity contribution is 9.10. The van der Waals surface area contributed by atoms with Crippen molar-refractivity contribution < 1.29 is 0 Å². The Morgan fingerprint density at radius 3 is 2.79 bits per heavy atom. The minimum absolute atomic E-state index is 0.187. The molecule has 0 aliphatic carbocycles. The van der Waals surface area contributed by atoms with Crippen LogP contribution in [0.1, 0.15) is 11.4 Å². The van der Waals surface area contributed by atoms with E-state index in [2.05, 4.69) is 26.2 Å². The molecular formula is C14H16BrN3O. The van der Waals surface area contributed by atoms with E-state index >= 15 is 0 Å². The number of hydrogen-bond donors (Lipinski definition) is 1. The van der Waals surface area contributed by atoms with Gasteiger partial charge in [-0.1, -0.05) is 22.0 Å². The van der Waals surface area contributed by atoms with E-state index in [4.69, 9.17) is 0 Å². The summed E-state index contributed by atoms with van der Waals surface area (Å²) >= 11 is 3.42. The van der Waals surface area contributed by atoms with E-state index < -0.39 is 0 Å². The summed E-state index contributed by atoms with van der Waals surface area (Å²) in [7, 11) is 0. The topological polar surface area (TPSA) is 46.9 Å². The van der Waals surface area contributed by atoms with Crippen LogP contribution in [0.25, 0.3) is 0 Å². The van der Waals surface area contributed by atoms with Crippen molar-refractivity contribution in [2.45, 2.75) is 20.4 Å². The largest absolute Gasteiger partial charge is 0.383 e. The summed E-state index contributed by atoms with van der Waals surface area (Å²) < 4.78 is 2.71. The number of benzene rings is 1. The quantitative estimate of drug-likeness (QED) is 0.941. The molecule has 0 aliphatic heterocycles. The molecule has 5 heteroatoms. The predicted octanol–water partition coefficient (Wildman–Crippen LogP) is 2.73. The predicted molar refractivity (Wildman–Crippen MR) is 80.6 cm³/mol. The lowest BCUT2D eigenvalue weighted by Gasteiger charge is -2.11. The first kappa shape index (κ1) is 13.8. The lowest BCUT2D eigenvalue weighted by molar-refractivity contribution is 0.648. The smallest absolute Gasteiger partial charge is 0.348 e. The summed E-state index contributed by atoms with van der Waals surface area (Å²) in [6.07, 6.45) is 0. The molecule has 1 heterocycles. The maximum atomic E-state index is 11.8. The van der Waals surface area contributed by atoms with Gasteiger partial charge < -0.3 is 5.32 Å². The van der Waals surface area contributed by atoms with Gasteiger partial charge in [-0.05, 0) is 38.1 Å². The third-order valence-electron chi connectivity index (χ3n) is 2.84. The van der Waals surface area contributed by atoms with E-state index in [1.54, 1.807) is 4.57 Å². The van der Waals surface area contributed by atoms with Gasteiger partial charge in [0.25, 0.3) is 0 Å². The second kappa shape index (κ2) is 6.02. The molecule has 0 spiro atoms. The SMILES string of the molecule is Cc1cc(C)n(CCNc2cccc(Br)c2)c(=O)n1. The highest BCUT2D eigenvalue weighted by Crippen LogP contribution is 2.15. The fourth-order valence-corrected chi connectivity index (χ4v) is 2.36. The molecule has 0 bridgehead atoms. The van der Waals surface area contributed by atoms with Crippen molar-refractivity contribution >= 4 is 21.6 Å². The summed E-state index contributed by atoms with van der Waals surface area (Å²) in [6.45, 7) is 5.04. The molecule has 19 heavy (non-hydrogen) atoms. The monoisotopic (exact) mass is 321 g/mol. The number of rotatable bonds is 4.